The van der Waals surface area contributed by atoms with Gasteiger partial charge in [0.15, 0.2) is 0 Å². The predicted molar refractivity (Wildman–Crippen MR) is 78.4 cm³/mol. The largest absolute Gasteiger partial charge is 0.326 e. The van der Waals surface area contributed by atoms with Crippen LogP contribution in [0.3, 0.4) is 0 Å². The van der Waals surface area contributed by atoms with Crippen molar-refractivity contribution in [1.82, 2.24) is 0 Å². The molecule has 1 aromatic carbocycles. The molecule has 4 heteroatoms. The lowest BCUT2D eigenvalue weighted by atomic mass is 9.86. The number of nitrogens with zero attached hydrogens (tertiary/aromatic N) is 1. The van der Waals surface area contributed by atoms with Gasteiger partial charge < -0.3 is 5.32 Å². The summed E-state index contributed by atoms with van der Waals surface area (Å²) in [6.45, 7) is 0. The number of hydrogen-bond donors (Lipinski definition) is 1. The first kappa shape index (κ1) is 13.5. The molecule has 1 aromatic rings. The second-order valence-corrected chi connectivity index (χ2v) is 6.40. The molecule has 104 valence electrons. The first-order valence-corrected chi connectivity index (χ1v) is 7.53. The fourth-order valence-corrected chi connectivity index (χ4v) is 3.98. The monoisotopic (exact) mass is 288 g/mol. The predicted octanol–water partition coefficient (Wildman–Crippen LogP) is 3.98. The van der Waals surface area contributed by atoms with Crippen LogP contribution in [-0.2, 0) is 4.79 Å². The highest BCUT2D eigenvalue weighted by atomic mass is 35.5. The minimum absolute atomic E-state index is 0.0586. The Kier molecular flexibility index (Phi) is 3.67. The summed E-state index contributed by atoms with van der Waals surface area (Å²) in [4.78, 5) is 12.1. The van der Waals surface area contributed by atoms with E-state index in [0.29, 0.717) is 28.6 Å². The molecule has 2 fully saturated rings. The maximum Gasteiger partial charge on any atom is 0.224 e. The van der Waals surface area contributed by atoms with Gasteiger partial charge in [-0.05, 0) is 55.2 Å². The third-order valence-corrected chi connectivity index (χ3v) is 5.02. The fourth-order valence-electron chi connectivity index (χ4n) is 3.76. The molecule has 0 aromatic heterocycles. The highest BCUT2D eigenvalue weighted by Gasteiger charge is 2.40. The first-order chi connectivity index (χ1) is 9.65. The number of carbonyl (C=O) groups is 1. The van der Waals surface area contributed by atoms with E-state index in [-0.39, 0.29) is 5.91 Å². The summed E-state index contributed by atoms with van der Waals surface area (Å²) in [6, 6.07) is 7.01. The van der Waals surface area contributed by atoms with Gasteiger partial charge in [-0.2, -0.15) is 5.26 Å². The molecule has 0 spiro atoms. The summed E-state index contributed by atoms with van der Waals surface area (Å²) in [6.07, 6.45) is 5.80. The molecule has 3 rings (SSSR count). The van der Waals surface area contributed by atoms with E-state index in [0.717, 1.165) is 11.8 Å². The molecule has 3 nitrogen and oxygen atoms in total. The van der Waals surface area contributed by atoms with Gasteiger partial charge in [0.1, 0.15) is 6.07 Å². The molecular weight excluding hydrogens is 272 g/mol. The van der Waals surface area contributed by atoms with Crippen molar-refractivity contribution in [2.75, 3.05) is 5.32 Å². The fraction of sp³-hybridized carbons (Fsp3) is 0.500. The van der Waals surface area contributed by atoms with E-state index in [9.17, 15) is 4.79 Å². The van der Waals surface area contributed by atoms with Crippen molar-refractivity contribution in [3.05, 3.63) is 28.8 Å². The Balaban J connectivity index is 1.59. The van der Waals surface area contributed by atoms with Crippen molar-refractivity contribution < 1.29 is 4.79 Å². The molecule has 3 unspecified atom stereocenters. The van der Waals surface area contributed by atoms with Crippen LogP contribution in [0.15, 0.2) is 18.2 Å². The minimum Gasteiger partial charge on any atom is -0.326 e. The summed E-state index contributed by atoms with van der Waals surface area (Å²) in [7, 11) is 0. The Morgan fingerprint density at radius 2 is 2.25 bits per heavy atom. The highest BCUT2D eigenvalue weighted by Crippen LogP contribution is 2.49. The van der Waals surface area contributed by atoms with Crippen LogP contribution in [0, 0.1) is 29.1 Å². The van der Waals surface area contributed by atoms with E-state index in [4.69, 9.17) is 16.9 Å². The minimum atomic E-state index is 0.0586. The molecule has 2 saturated carbocycles. The second kappa shape index (κ2) is 5.46. The first-order valence-electron chi connectivity index (χ1n) is 7.15. The van der Waals surface area contributed by atoms with E-state index in [1.807, 2.05) is 6.07 Å². The van der Waals surface area contributed by atoms with Crippen LogP contribution in [0.2, 0.25) is 5.02 Å². The van der Waals surface area contributed by atoms with Gasteiger partial charge >= 0.3 is 0 Å². The lowest BCUT2D eigenvalue weighted by Gasteiger charge is -2.20. The van der Waals surface area contributed by atoms with E-state index < -0.39 is 0 Å². The molecule has 1 N–H and O–H groups in total. The molecule has 0 saturated heterocycles. The molecule has 20 heavy (non-hydrogen) atoms. The Bertz CT molecular complexity index is 578. The smallest absolute Gasteiger partial charge is 0.224 e. The number of anilines is 1. The van der Waals surface area contributed by atoms with Crippen LogP contribution in [0.5, 0.6) is 0 Å². The van der Waals surface area contributed by atoms with Gasteiger partial charge in [0.25, 0.3) is 0 Å². The van der Waals surface area contributed by atoms with E-state index in [1.165, 1.54) is 25.7 Å². The molecule has 0 radical (unpaired) electrons. The van der Waals surface area contributed by atoms with Crippen LogP contribution in [0.25, 0.3) is 0 Å². The van der Waals surface area contributed by atoms with Crippen molar-refractivity contribution in [3.63, 3.8) is 0 Å². The van der Waals surface area contributed by atoms with Gasteiger partial charge in [0.2, 0.25) is 5.91 Å². The number of halogens is 1. The number of benzene rings is 1. The molecular formula is C16H17ClN2O. The number of amides is 1. The van der Waals surface area contributed by atoms with Crippen LogP contribution < -0.4 is 5.32 Å². The van der Waals surface area contributed by atoms with Crippen LogP contribution in [-0.4, -0.2) is 5.91 Å². The second-order valence-electron chi connectivity index (χ2n) is 5.99. The van der Waals surface area contributed by atoms with Crippen LogP contribution in [0.1, 0.15) is 37.7 Å². The average Bonchev–Trinajstić information content (AvgIpc) is 3.01. The molecule has 2 bridgehead atoms. The molecule has 0 heterocycles. The third-order valence-electron chi connectivity index (χ3n) is 4.71. The Morgan fingerprint density at radius 1 is 1.40 bits per heavy atom. The van der Waals surface area contributed by atoms with Crippen molar-refractivity contribution in [2.24, 2.45) is 17.8 Å². The summed E-state index contributed by atoms with van der Waals surface area (Å²) >= 11 is 5.96. The Morgan fingerprint density at radius 3 is 2.85 bits per heavy atom. The summed E-state index contributed by atoms with van der Waals surface area (Å²) in [5, 5.41) is 12.1. The number of nitriles is 1. The molecule has 0 aliphatic heterocycles. The molecule has 1 amide bonds. The summed E-state index contributed by atoms with van der Waals surface area (Å²) in [5.74, 6) is 2.24. The standard InChI is InChI=1S/C16H17ClN2O/c17-15-8-14(4-3-12(15)9-18)19-16(20)7-13-6-10-1-2-11(13)5-10/h3-4,8,10-11,13H,1-2,5-7H2,(H,19,20). The van der Waals surface area contributed by atoms with Crippen molar-refractivity contribution >= 4 is 23.2 Å². The lowest BCUT2D eigenvalue weighted by Crippen LogP contribution is -2.20. The third kappa shape index (κ3) is 2.66. The summed E-state index contributed by atoms with van der Waals surface area (Å²) in [5.41, 5.74) is 1.10. The van der Waals surface area contributed by atoms with E-state index >= 15 is 0 Å². The normalized spacial score (nSPS) is 27.3. The van der Waals surface area contributed by atoms with Gasteiger partial charge in [0, 0.05) is 12.1 Å². The molecule has 2 aliphatic rings. The Labute approximate surface area is 123 Å². The van der Waals surface area contributed by atoms with E-state index in [2.05, 4.69) is 5.32 Å². The maximum atomic E-state index is 12.1. The number of rotatable bonds is 3. The van der Waals surface area contributed by atoms with Gasteiger partial charge in [-0.25, -0.2) is 0 Å². The number of carbonyl (C=O) groups excluding carboxylic acids is 1. The number of hydrogen-bond acceptors (Lipinski definition) is 2. The Hall–Kier alpha value is -1.53. The average molecular weight is 289 g/mol. The van der Waals surface area contributed by atoms with Gasteiger partial charge in [0.05, 0.1) is 10.6 Å². The van der Waals surface area contributed by atoms with Gasteiger partial charge in [-0.1, -0.05) is 18.0 Å². The SMILES string of the molecule is N#Cc1ccc(NC(=O)CC2CC3CCC2C3)cc1Cl. The van der Waals surface area contributed by atoms with Crippen molar-refractivity contribution in [3.8, 4) is 6.07 Å². The molecule has 3 atom stereocenters. The number of nitrogens with one attached hydrogen (secondary N) is 1. The number of fused-ring (bicyclic) bond motifs is 2. The van der Waals surface area contributed by atoms with Crippen molar-refractivity contribution in [2.45, 2.75) is 32.1 Å². The van der Waals surface area contributed by atoms with E-state index in [1.54, 1.807) is 18.2 Å². The van der Waals surface area contributed by atoms with Crippen LogP contribution >= 0.6 is 11.6 Å². The zero-order valence-corrected chi connectivity index (χ0v) is 12.0. The highest BCUT2D eigenvalue weighted by molar-refractivity contribution is 6.32. The van der Waals surface area contributed by atoms with Gasteiger partial charge in [-0.15, -0.1) is 0 Å². The zero-order chi connectivity index (χ0) is 14.1. The summed E-state index contributed by atoms with van der Waals surface area (Å²) < 4.78 is 0. The lowest BCUT2D eigenvalue weighted by molar-refractivity contribution is -0.117. The molecule has 2 aliphatic carbocycles. The topological polar surface area (TPSA) is 52.9 Å². The quantitative estimate of drug-likeness (QED) is 0.915. The van der Waals surface area contributed by atoms with Crippen LogP contribution in [0.4, 0.5) is 5.69 Å². The van der Waals surface area contributed by atoms with Gasteiger partial charge in [-0.3, -0.25) is 4.79 Å². The maximum absolute atomic E-state index is 12.1. The van der Waals surface area contributed by atoms with Crippen molar-refractivity contribution in [1.29, 1.82) is 5.26 Å². The zero-order valence-electron chi connectivity index (χ0n) is 11.2.